The molecule has 21 heavy (non-hydrogen) atoms. The van der Waals surface area contributed by atoms with Crippen LogP contribution in [0.3, 0.4) is 0 Å². The van der Waals surface area contributed by atoms with E-state index in [2.05, 4.69) is 10.4 Å². The topological polar surface area (TPSA) is 124 Å². The van der Waals surface area contributed by atoms with Crippen LogP contribution in [-0.4, -0.2) is 50.4 Å². The highest BCUT2D eigenvalue weighted by atomic mass is 32.2. The molecule has 1 unspecified atom stereocenters. The molecule has 0 amide bonds. The van der Waals surface area contributed by atoms with Gasteiger partial charge in [-0.2, -0.15) is 5.10 Å². The lowest BCUT2D eigenvalue weighted by atomic mass is 10.3. The lowest BCUT2D eigenvalue weighted by molar-refractivity contribution is 0.507. The molecule has 0 spiro atoms. The van der Waals surface area contributed by atoms with Crippen molar-refractivity contribution in [3.05, 3.63) is 0 Å². The van der Waals surface area contributed by atoms with Crippen molar-refractivity contribution in [2.75, 3.05) is 28.8 Å². The van der Waals surface area contributed by atoms with E-state index >= 15 is 0 Å². The van der Waals surface area contributed by atoms with Gasteiger partial charge in [0.05, 0.1) is 17.5 Å². The van der Waals surface area contributed by atoms with Crippen LogP contribution in [0.15, 0.2) is 4.90 Å². The van der Waals surface area contributed by atoms with Gasteiger partial charge in [0.2, 0.25) is 0 Å². The Labute approximate surface area is 123 Å². The van der Waals surface area contributed by atoms with Gasteiger partial charge in [0, 0.05) is 12.3 Å². The second kappa shape index (κ2) is 4.60. The van der Waals surface area contributed by atoms with E-state index < -0.39 is 25.7 Å². The van der Waals surface area contributed by atoms with Crippen molar-refractivity contribution in [2.45, 2.75) is 36.2 Å². The summed E-state index contributed by atoms with van der Waals surface area (Å²) in [5, 5.41) is 7.30. The van der Waals surface area contributed by atoms with Gasteiger partial charge in [-0.15, -0.1) is 0 Å². The minimum absolute atomic E-state index is 0.0164. The van der Waals surface area contributed by atoms with Gasteiger partial charge < -0.3 is 11.1 Å². The maximum atomic E-state index is 11.9. The minimum Gasteiger partial charge on any atom is -0.383 e. The van der Waals surface area contributed by atoms with Crippen LogP contribution in [0.4, 0.5) is 11.6 Å². The number of anilines is 2. The molecule has 1 saturated heterocycles. The van der Waals surface area contributed by atoms with Gasteiger partial charge in [-0.05, 0) is 19.3 Å². The smallest absolute Gasteiger partial charge is 0.182 e. The summed E-state index contributed by atoms with van der Waals surface area (Å²) in [6.45, 7) is 0. The van der Waals surface area contributed by atoms with E-state index in [9.17, 15) is 16.8 Å². The van der Waals surface area contributed by atoms with E-state index in [0.29, 0.717) is 6.42 Å². The molecule has 0 bridgehead atoms. The molecule has 3 rings (SSSR count). The summed E-state index contributed by atoms with van der Waals surface area (Å²) in [5.74, 6) is 0.283. The Kier molecular flexibility index (Phi) is 3.21. The fraction of sp³-hybridized carbons (Fsp3) is 0.727. The van der Waals surface area contributed by atoms with Crippen LogP contribution >= 0.6 is 0 Å². The van der Waals surface area contributed by atoms with Crippen molar-refractivity contribution in [2.24, 2.45) is 0 Å². The Morgan fingerprint density at radius 2 is 2.00 bits per heavy atom. The third-order valence-electron chi connectivity index (χ3n) is 3.75. The summed E-state index contributed by atoms with van der Waals surface area (Å²) >= 11 is 0. The molecule has 2 aliphatic rings. The van der Waals surface area contributed by atoms with Crippen LogP contribution in [0.5, 0.6) is 0 Å². The normalized spacial score (nSPS) is 25.1. The molecule has 1 saturated carbocycles. The first-order valence-corrected chi connectivity index (χ1v) is 10.4. The maximum Gasteiger partial charge on any atom is 0.182 e. The van der Waals surface area contributed by atoms with E-state index in [1.807, 2.05) is 0 Å². The van der Waals surface area contributed by atoms with Crippen molar-refractivity contribution >= 4 is 31.3 Å². The zero-order valence-corrected chi connectivity index (χ0v) is 13.2. The molecule has 1 aliphatic carbocycles. The molecule has 3 N–H and O–H groups in total. The van der Waals surface area contributed by atoms with Gasteiger partial charge >= 0.3 is 0 Å². The number of aromatic nitrogens is 2. The predicted molar refractivity (Wildman–Crippen MR) is 78.7 cm³/mol. The molecule has 118 valence electrons. The quantitative estimate of drug-likeness (QED) is 0.781. The van der Waals surface area contributed by atoms with Crippen LogP contribution < -0.4 is 11.1 Å². The Morgan fingerprint density at radius 1 is 1.33 bits per heavy atom. The highest BCUT2D eigenvalue weighted by Gasteiger charge is 2.35. The number of nitrogens with one attached hydrogen (secondary N) is 1. The summed E-state index contributed by atoms with van der Waals surface area (Å²) in [6, 6.07) is -0.175. The minimum atomic E-state index is -3.54. The highest BCUT2D eigenvalue weighted by molar-refractivity contribution is 7.91. The molecule has 1 aromatic heterocycles. The summed E-state index contributed by atoms with van der Waals surface area (Å²) in [4.78, 5) is -0.0290. The first kappa shape index (κ1) is 14.6. The highest BCUT2D eigenvalue weighted by Crippen LogP contribution is 2.35. The molecule has 8 nitrogen and oxygen atoms in total. The van der Waals surface area contributed by atoms with Crippen molar-refractivity contribution in [3.8, 4) is 0 Å². The number of nitrogens with zero attached hydrogens (tertiary/aromatic N) is 2. The third kappa shape index (κ3) is 2.86. The Bertz CT molecular complexity index is 777. The number of hydrogen-bond donors (Lipinski definition) is 2. The fourth-order valence-corrected chi connectivity index (χ4v) is 5.18. The second-order valence-corrected chi connectivity index (χ2v) is 9.94. The van der Waals surface area contributed by atoms with E-state index in [1.165, 1.54) is 4.68 Å². The standard InChI is InChI=1S/C11H18N4O4S2/c1-20(16,17)9-10(12)15(8-4-5-21(18,19)6-8)14-11(9)13-7-2-3-7/h7-8H,2-6,12H2,1H3,(H,13,14). The van der Waals surface area contributed by atoms with Crippen LogP contribution in [-0.2, 0) is 19.7 Å². The number of rotatable bonds is 4. The van der Waals surface area contributed by atoms with Crippen molar-refractivity contribution in [1.82, 2.24) is 9.78 Å². The fourth-order valence-electron chi connectivity index (χ4n) is 2.56. The van der Waals surface area contributed by atoms with Crippen molar-refractivity contribution in [1.29, 1.82) is 0 Å². The average Bonchev–Trinajstić information content (AvgIpc) is 2.97. The third-order valence-corrected chi connectivity index (χ3v) is 6.64. The van der Waals surface area contributed by atoms with Gasteiger partial charge in [0.25, 0.3) is 0 Å². The number of hydrogen-bond acceptors (Lipinski definition) is 7. The largest absolute Gasteiger partial charge is 0.383 e. The molecule has 0 aromatic carbocycles. The molecule has 2 fully saturated rings. The first-order valence-electron chi connectivity index (χ1n) is 6.72. The summed E-state index contributed by atoms with van der Waals surface area (Å²) in [7, 11) is -6.64. The van der Waals surface area contributed by atoms with Crippen LogP contribution in [0.25, 0.3) is 0 Å². The molecule has 1 aliphatic heterocycles. The number of nitrogen functional groups attached to an aromatic ring is 1. The lowest BCUT2D eigenvalue weighted by Crippen LogP contribution is -2.15. The Balaban J connectivity index is 2.03. The van der Waals surface area contributed by atoms with Crippen molar-refractivity contribution < 1.29 is 16.8 Å². The van der Waals surface area contributed by atoms with E-state index in [4.69, 9.17) is 5.73 Å². The molecule has 0 radical (unpaired) electrons. The van der Waals surface area contributed by atoms with Gasteiger partial charge in [-0.3, -0.25) is 0 Å². The Morgan fingerprint density at radius 3 is 2.48 bits per heavy atom. The van der Waals surface area contributed by atoms with Crippen LogP contribution in [0.2, 0.25) is 0 Å². The van der Waals surface area contributed by atoms with E-state index in [-0.39, 0.29) is 34.1 Å². The lowest BCUT2D eigenvalue weighted by Gasteiger charge is -2.10. The monoisotopic (exact) mass is 334 g/mol. The summed E-state index contributed by atoms with van der Waals surface area (Å²) in [6.07, 6.45) is 3.41. The van der Waals surface area contributed by atoms with Crippen molar-refractivity contribution in [3.63, 3.8) is 0 Å². The molecular formula is C11H18N4O4S2. The predicted octanol–water partition coefficient (Wildman–Crippen LogP) is -0.197. The summed E-state index contributed by atoms with van der Waals surface area (Å²) in [5.41, 5.74) is 5.94. The second-order valence-electron chi connectivity index (χ2n) is 5.76. The van der Waals surface area contributed by atoms with Gasteiger partial charge in [-0.25, -0.2) is 21.5 Å². The summed E-state index contributed by atoms with van der Waals surface area (Å²) < 4.78 is 48.4. The van der Waals surface area contributed by atoms with E-state index in [0.717, 1.165) is 19.1 Å². The van der Waals surface area contributed by atoms with E-state index in [1.54, 1.807) is 0 Å². The number of sulfone groups is 2. The van der Waals surface area contributed by atoms with Gasteiger partial charge in [-0.1, -0.05) is 0 Å². The van der Waals surface area contributed by atoms with Gasteiger partial charge in [0.1, 0.15) is 5.82 Å². The molecule has 1 aromatic rings. The SMILES string of the molecule is CS(=O)(=O)c1c(NC2CC2)nn(C2CCS(=O)(=O)C2)c1N. The van der Waals surface area contributed by atoms with Crippen LogP contribution in [0, 0.1) is 0 Å². The Hall–Kier alpha value is -1.29. The zero-order valence-electron chi connectivity index (χ0n) is 11.6. The average molecular weight is 334 g/mol. The molecule has 1 atom stereocenters. The maximum absolute atomic E-state index is 11.9. The first-order chi connectivity index (χ1) is 9.67. The molecule has 10 heteroatoms. The zero-order chi connectivity index (χ0) is 15.4. The van der Waals surface area contributed by atoms with Gasteiger partial charge in [0.15, 0.2) is 30.4 Å². The van der Waals surface area contributed by atoms with Crippen LogP contribution in [0.1, 0.15) is 25.3 Å². The molecule has 2 heterocycles. The molecular weight excluding hydrogens is 316 g/mol. The number of nitrogens with two attached hydrogens (primary N) is 1.